The van der Waals surface area contributed by atoms with Gasteiger partial charge in [0.05, 0.1) is 28.3 Å². The molecule has 3 aromatic heterocycles. The fraction of sp³-hybridized carbons (Fsp3) is 0.185. The molecular formula is C27H22FN5O5. The van der Waals surface area contributed by atoms with E-state index in [-0.39, 0.29) is 22.8 Å². The summed E-state index contributed by atoms with van der Waals surface area (Å²) >= 11 is 0. The third-order valence-corrected chi connectivity index (χ3v) is 6.83. The number of hydrogen-bond donors (Lipinski definition) is 3. The van der Waals surface area contributed by atoms with Crippen LogP contribution in [0.3, 0.4) is 0 Å². The topological polar surface area (TPSA) is 133 Å². The van der Waals surface area contributed by atoms with Gasteiger partial charge in [0.1, 0.15) is 18.0 Å². The molecule has 6 rings (SSSR count). The lowest BCUT2D eigenvalue weighted by atomic mass is 10.1. The summed E-state index contributed by atoms with van der Waals surface area (Å²) in [5.74, 6) is -1.57. The average Bonchev–Trinajstić information content (AvgIpc) is 3.53. The second-order valence-corrected chi connectivity index (χ2v) is 9.15. The van der Waals surface area contributed by atoms with E-state index in [0.29, 0.717) is 41.3 Å². The highest BCUT2D eigenvalue weighted by molar-refractivity contribution is 5.94. The Hall–Kier alpha value is -4.93. The fourth-order valence-electron chi connectivity index (χ4n) is 5.03. The Labute approximate surface area is 213 Å². The minimum absolute atomic E-state index is 0.0608. The summed E-state index contributed by atoms with van der Waals surface area (Å²) in [6.07, 6.45) is 4.48. The number of hydrogen-bond acceptors (Lipinski definition) is 6. The lowest BCUT2D eigenvalue weighted by Crippen LogP contribution is -2.35. The first-order valence-corrected chi connectivity index (χ1v) is 12.0. The van der Waals surface area contributed by atoms with Gasteiger partial charge in [-0.1, -0.05) is 6.07 Å². The molecule has 10 nitrogen and oxygen atoms in total. The number of carboxylic acid groups (broad SMARTS) is 1. The summed E-state index contributed by atoms with van der Waals surface area (Å²) in [7, 11) is 0. The molecule has 11 heteroatoms. The van der Waals surface area contributed by atoms with Gasteiger partial charge >= 0.3 is 11.7 Å². The second-order valence-electron chi connectivity index (χ2n) is 9.15. The molecule has 0 amide bonds. The third-order valence-electron chi connectivity index (χ3n) is 6.83. The van der Waals surface area contributed by atoms with Crippen molar-refractivity contribution in [1.82, 2.24) is 19.5 Å². The maximum Gasteiger partial charge on any atom is 0.341 e. The molecule has 0 saturated carbocycles. The number of aromatic nitrogens is 4. The van der Waals surface area contributed by atoms with Crippen molar-refractivity contribution < 1.29 is 19.0 Å². The van der Waals surface area contributed by atoms with Crippen molar-refractivity contribution in [2.45, 2.75) is 18.9 Å². The number of nitrogens with one attached hydrogen (secondary N) is 2. The predicted molar refractivity (Wildman–Crippen MR) is 139 cm³/mol. The number of fused-ring (bicyclic) bond motifs is 2. The lowest BCUT2D eigenvalue weighted by Gasteiger charge is -2.27. The number of anilines is 1. The zero-order valence-corrected chi connectivity index (χ0v) is 20.0. The summed E-state index contributed by atoms with van der Waals surface area (Å²) in [6, 6.07) is 12.9. The summed E-state index contributed by atoms with van der Waals surface area (Å²) in [6.45, 7) is 0.892. The van der Waals surface area contributed by atoms with Crippen LogP contribution in [0.2, 0.25) is 0 Å². The first-order valence-electron chi connectivity index (χ1n) is 12.0. The molecule has 1 fully saturated rings. The van der Waals surface area contributed by atoms with Crippen molar-refractivity contribution in [3.63, 3.8) is 0 Å². The molecule has 192 valence electrons. The van der Waals surface area contributed by atoms with Crippen molar-refractivity contribution >= 4 is 33.6 Å². The van der Waals surface area contributed by atoms with Crippen LogP contribution in [0.4, 0.5) is 10.1 Å². The summed E-state index contributed by atoms with van der Waals surface area (Å²) < 4.78 is 22.9. The molecule has 1 aliphatic heterocycles. The number of rotatable bonds is 6. The van der Waals surface area contributed by atoms with Gasteiger partial charge in [-0.25, -0.2) is 19.0 Å². The molecular weight excluding hydrogens is 493 g/mol. The predicted octanol–water partition coefficient (Wildman–Crippen LogP) is 3.44. The molecule has 0 spiro atoms. The number of pyridine rings is 2. The van der Waals surface area contributed by atoms with Gasteiger partial charge in [-0.3, -0.25) is 4.79 Å². The van der Waals surface area contributed by atoms with E-state index in [2.05, 4.69) is 15.0 Å². The molecule has 1 saturated heterocycles. The number of H-pyrrole nitrogens is 2. The van der Waals surface area contributed by atoms with Gasteiger partial charge < -0.3 is 29.3 Å². The maximum atomic E-state index is 15.5. The van der Waals surface area contributed by atoms with Crippen molar-refractivity contribution in [2.75, 3.05) is 18.1 Å². The zero-order chi connectivity index (χ0) is 26.4. The highest BCUT2D eigenvalue weighted by atomic mass is 19.1. The van der Waals surface area contributed by atoms with Gasteiger partial charge in [0, 0.05) is 36.1 Å². The monoisotopic (exact) mass is 515 g/mol. The Bertz CT molecular complexity index is 1810. The van der Waals surface area contributed by atoms with Crippen LogP contribution in [-0.4, -0.2) is 49.8 Å². The third kappa shape index (κ3) is 4.07. The van der Waals surface area contributed by atoms with E-state index in [9.17, 15) is 19.5 Å². The fourth-order valence-corrected chi connectivity index (χ4v) is 5.03. The molecule has 4 heterocycles. The number of carboxylic acids is 1. The number of halogens is 1. The normalized spacial score (nSPS) is 15.4. The second kappa shape index (κ2) is 9.18. The van der Waals surface area contributed by atoms with Crippen LogP contribution >= 0.6 is 0 Å². The van der Waals surface area contributed by atoms with E-state index in [0.717, 1.165) is 18.9 Å². The summed E-state index contributed by atoms with van der Waals surface area (Å²) in [4.78, 5) is 48.0. The van der Waals surface area contributed by atoms with E-state index in [1.807, 2.05) is 11.0 Å². The highest BCUT2D eigenvalue weighted by Gasteiger charge is 2.29. The van der Waals surface area contributed by atoms with E-state index in [4.69, 9.17) is 4.74 Å². The van der Waals surface area contributed by atoms with Crippen molar-refractivity contribution in [2.24, 2.45) is 0 Å². The van der Waals surface area contributed by atoms with Crippen LogP contribution in [0.15, 0.2) is 70.5 Å². The number of carbonyl (C=O) groups is 1. The molecule has 3 N–H and O–H groups in total. The SMILES string of the molecule is O=C(O)c1cn(-c2ccc3[nH]c(=O)[nH]c3c2)c2cc(N3CCC[C@@H]3COc3ccccn3)c(F)cc2c1=O. The van der Waals surface area contributed by atoms with Gasteiger partial charge in [0.2, 0.25) is 11.3 Å². The van der Waals surface area contributed by atoms with Crippen LogP contribution in [0, 0.1) is 5.82 Å². The Balaban J connectivity index is 1.48. The minimum Gasteiger partial charge on any atom is -0.477 e. The van der Waals surface area contributed by atoms with Gasteiger partial charge in [-0.15, -0.1) is 0 Å². The Morgan fingerprint density at radius 2 is 1.97 bits per heavy atom. The van der Waals surface area contributed by atoms with Crippen LogP contribution in [0.1, 0.15) is 23.2 Å². The molecule has 1 aliphatic rings. The van der Waals surface area contributed by atoms with Gasteiger partial charge in [0.15, 0.2) is 0 Å². The van der Waals surface area contributed by atoms with Crippen molar-refractivity contribution in [1.29, 1.82) is 0 Å². The first-order chi connectivity index (χ1) is 18.4. The largest absolute Gasteiger partial charge is 0.477 e. The van der Waals surface area contributed by atoms with Crippen molar-refractivity contribution in [3.8, 4) is 11.6 Å². The van der Waals surface area contributed by atoms with Crippen LogP contribution in [-0.2, 0) is 0 Å². The van der Waals surface area contributed by atoms with Gasteiger partial charge in [0.25, 0.3) is 0 Å². The van der Waals surface area contributed by atoms with Gasteiger partial charge in [-0.05, 0) is 49.2 Å². The number of aromatic carboxylic acids is 1. The molecule has 38 heavy (non-hydrogen) atoms. The van der Waals surface area contributed by atoms with Crippen molar-refractivity contribution in [3.05, 3.63) is 93.0 Å². The standard InChI is InChI=1S/C27H22FN5O5/c28-19-11-17-22(12-23(19)32-9-3-4-16(32)14-38-24-5-1-2-8-29-24)33(13-18(25(17)34)26(35)36)15-6-7-20-21(10-15)31-27(37)30-20/h1-2,5-8,10-13,16H,3-4,9,14H2,(H,35,36)(H2,30,31,37)/t16-/m1/s1. The highest BCUT2D eigenvalue weighted by Crippen LogP contribution is 2.32. The number of nitrogens with zero attached hydrogens (tertiary/aromatic N) is 3. The first kappa shape index (κ1) is 23.5. The number of benzene rings is 2. The molecule has 0 unspecified atom stereocenters. The average molecular weight is 516 g/mol. The number of ether oxygens (including phenoxy) is 1. The summed E-state index contributed by atoms with van der Waals surface area (Å²) in [5, 5.41) is 9.61. The smallest absolute Gasteiger partial charge is 0.341 e. The Morgan fingerprint density at radius 1 is 1.13 bits per heavy atom. The number of imidazole rings is 1. The zero-order valence-electron chi connectivity index (χ0n) is 20.0. The quantitative estimate of drug-likeness (QED) is 0.315. The number of aromatic amines is 2. The van der Waals surface area contributed by atoms with E-state index in [1.165, 1.54) is 10.8 Å². The molecule has 2 aromatic carbocycles. The van der Waals surface area contributed by atoms with E-state index < -0.39 is 22.8 Å². The van der Waals surface area contributed by atoms with Gasteiger partial charge in [-0.2, -0.15) is 0 Å². The minimum atomic E-state index is -1.42. The Morgan fingerprint density at radius 3 is 2.76 bits per heavy atom. The Kier molecular flexibility index (Phi) is 5.67. The summed E-state index contributed by atoms with van der Waals surface area (Å²) in [5.41, 5.74) is 0.547. The molecule has 5 aromatic rings. The molecule has 0 aliphatic carbocycles. The van der Waals surface area contributed by atoms with E-state index >= 15 is 4.39 Å². The van der Waals surface area contributed by atoms with Crippen LogP contribution in [0.5, 0.6) is 5.88 Å². The van der Waals surface area contributed by atoms with Crippen LogP contribution < -0.4 is 20.8 Å². The molecule has 0 radical (unpaired) electrons. The van der Waals surface area contributed by atoms with Crippen LogP contribution in [0.25, 0.3) is 27.6 Å². The maximum absolute atomic E-state index is 15.5. The molecule has 1 atom stereocenters. The van der Waals surface area contributed by atoms with E-state index in [1.54, 1.807) is 42.6 Å². The molecule has 0 bridgehead atoms. The lowest BCUT2D eigenvalue weighted by molar-refractivity contribution is 0.0695.